The van der Waals surface area contributed by atoms with Crippen LogP contribution in [-0.2, 0) is 0 Å². The van der Waals surface area contributed by atoms with E-state index in [4.69, 9.17) is 0 Å². The topological polar surface area (TPSA) is 0 Å². The molecular formula is C11H16. The summed E-state index contributed by atoms with van der Waals surface area (Å²) in [7, 11) is 0. The Morgan fingerprint density at radius 2 is 2.09 bits per heavy atom. The van der Waals surface area contributed by atoms with Crippen LogP contribution in [0.15, 0.2) is 48.6 Å². The van der Waals surface area contributed by atoms with Crippen molar-refractivity contribution in [3.63, 3.8) is 0 Å². The predicted molar refractivity (Wildman–Crippen MR) is 52.5 cm³/mol. The molecule has 0 heterocycles. The lowest BCUT2D eigenvalue weighted by molar-refractivity contribution is 1.15. The SMILES string of the molecule is C=C\C=C(/C=C\C=C/C)CC. The molecule has 0 aromatic rings. The van der Waals surface area contributed by atoms with Crippen molar-refractivity contribution in [1.82, 2.24) is 0 Å². The standard InChI is InChI=1S/C11H16/c1-4-7-8-10-11(6-3)9-5-2/h4-5,7-10H,2,6H2,1,3H3/b7-4-,10-8-,11-9-. The maximum absolute atomic E-state index is 3.65. The smallest absolute Gasteiger partial charge is 0.0307 e. The summed E-state index contributed by atoms with van der Waals surface area (Å²) in [5.74, 6) is 0. The van der Waals surface area contributed by atoms with E-state index >= 15 is 0 Å². The van der Waals surface area contributed by atoms with Gasteiger partial charge in [0.25, 0.3) is 0 Å². The van der Waals surface area contributed by atoms with Gasteiger partial charge in [-0.2, -0.15) is 0 Å². The maximum Gasteiger partial charge on any atom is -0.0307 e. The Bertz CT molecular complexity index is 180. The molecule has 0 bridgehead atoms. The van der Waals surface area contributed by atoms with Crippen molar-refractivity contribution in [2.24, 2.45) is 0 Å². The van der Waals surface area contributed by atoms with Crippen LogP contribution in [0, 0.1) is 0 Å². The quantitative estimate of drug-likeness (QED) is 0.534. The molecule has 0 aromatic carbocycles. The molecule has 11 heavy (non-hydrogen) atoms. The van der Waals surface area contributed by atoms with E-state index in [1.54, 1.807) is 0 Å². The number of hydrogen-bond donors (Lipinski definition) is 0. The van der Waals surface area contributed by atoms with Gasteiger partial charge in [-0.1, -0.05) is 50.0 Å². The van der Waals surface area contributed by atoms with E-state index in [0.717, 1.165) is 6.42 Å². The molecule has 0 saturated carbocycles. The summed E-state index contributed by atoms with van der Waals surface area (Å²) in [6, 6.07) is 0. The van der Waals surface area contributed by atoms with Gasteiger partial charge in [-0.25, -0.2) is 0 Å². The summed E-state index contributed by atoms with van der Waals surface area (Å²) in [6.45, 7) is 7.79. The first-order valence-electron chi connectivity index (χ1n) is 3.96. The Balaban J connectivity index is 4.07. The van der Waals surface area contributed by atoms with Crippen LogP contribution in [0.1, 0.15) is 20.3 Å². The summed E-state index contributed by atoms with van der Waals surface area (Å²) in [4.78, 5) is 0. The Morgan fingerprint density at radius 1 is 1.36 bits per heavy atom. The van der Waals surface area contributed by atoms with Crippen LogP contribution in [0.5, 0.6) is 0 Å². The molecule has 0 saturated heterocycles. The first kappa shape index (κ1) is 9.96. The number of hydrogen-bond acceptors (Lipinski definition) is 0. The minimum Gasteiger partial charge on any atom is -0.0991 e. The molecule has 0 rings (SSSR count). The zero-order valence-electron chi connectivity index (χ0n) is 7.38. The highest BCUT2D eigenvalue weighted by Crippen LogP contribution is 2.02. The fourth-order valence-electron chi connectivity index (χ4n) is 0.733. The van der Waals surface area contributed by atoms with Gasteiger partial charge in [0.1, 0.15) is 0 Å². The van der Waals surface area contributed by atoms with E-state index < -0.39 is 0 Å². The number of allylic oxidation sites excluding steroid dienone is 7. The molecule has 0 fully saturated rings. The van der Waals surface area contributed by atoms with E-state index in [2.05, 4.69) is 19.6 Å². The van der Waals surface area contributed by atoms with E-state index in [-0.39, 0.29) is 0 Å². The van der Waals surface area contributed by atoms with Gasteiger partial charge in [0.15, 0.2) is 0 Å². The Labute approximate surface area is 69.6 Å². The fraction of sp³-hybridized carbons (Fsp3) is 0.273. The van der Waals surface area contributed by atoms with Gasteiger partial charge in [-0.05, 0) is 18.9 Å². The Kier molecular flexibility index (Phi) is 6.40. The molecule has 0 nitrogen and oxygen atoms in total. The first-order chi connectivity index (χ1) is 5.35. The molecule has 0 atom stereocenters. The van der Waals surface area contributed by atoms with E-state index in [9.17, 15) is 0 Å². The summed E-state index contributed by atoms with van der Waals surface area (Å²) in [6.07, 6.45) is 13.1. The molecule has 0 heteroatoms. The van der Waals surface area contributed by atoms with Crippen molar-refractivity contribution >= 4 is 0 Å². The van der Waals surface area contributed by atoms with Crippen LogP contribution in [0.3, 0.4) is 0 Å². The van der Waals surface area contributed by atoms with Crippen LogP contribution < -0.4 is 0 Å². The average molecular weight is 148 g/mol. The molecule has 0 aliphatic carbocycles. The third kappa shape index (κ3) is 5.41. The average Bonchev–Trinajstić information content (AvgIpc) is 2.03. The lowest BCUT2D eigenvalue weighted by Gasteiger charge is -1.91. The van der Waals surface area contributed by atoms with Crippen LogP contribution in [0.4, 0.5) is 0 Å². The second-order valence-corrected chi connectivity index (χ2v) is 2.22. The van der Waals surface area contributed by atoms with Gasteiger partial charge < -0.3 is 0 Å². The summed E-state index contributed by atoms with van der Waals surface area (Å²) in [5.41, 5.74) is 1.30. The minimum atomic E-state index is 1.06. The second-order valence-electron chi connectivity index (χ2n) is 2.22. The third-order valence-electron chi connectivity index (χ3n) is 1.35. The van der Waals surface area contributed by atoms with E-state index in [0.29, 0.717) is 0 Å². The highest BCUT2D eigenvalue weighted by atomic mass is 13.9. The van der Waals surface area contributed by atoms with E-state index in [1.807, 2.05) is 37.3 Å². The Hall–Kier alpha value is -1.04. The summed E-state index contributed by atoms with van der Waals surface area (Å²) >= 11 is 0. The zero-order chi connectivity index (χ0) is 8.53. The highest BCUT2D eigenvalue weighted by Gasteiger charge is 1.81. The molecule has 0 radical (unpaired) electrons. The monoisotopic (exact) mass is 148 g/mol. The zero-order valence-corrected chi connectivity index (χ0v) is 7.38. The molecule has 0 amide bonds. The lowest BCUT2D eigenvalue weighted by atomic mass is 10.2. The normalized spacial score (nSPS) is 13.1. The van der Waals surface area contributed by atoms with Crippen LogP contribution in [0.2, 0.25) is 0 Å². The van der Waals surface area contributed by atoms with Crippen molar-refractivity contribution < 1.29 is 0 Å². The molecule has 0 unspecified atom stereocenters. The third-order valence-corrected chi connectivity index (χ3v) is 1.35. The van der Waals surface area contributed by atoms with Crippen LogP contribution in [0.25, 0.3) is 0 Å². The molecular weight excluding hydrogens is 132 g/mol. The highest BCUT2D eigenvalue weighted by molar-refractivity contribution is 5.24. The van der Waals surface area contributed by atoms with Crippen LogP contribution in [-0.4, -0.2) is 0 Å². The van der Waals surface area contributed by atoms with Gasteiger partial charge in [0.05, 0.1) is 0 Å². The minimum absolute atomic E-state index is 1.06. The molecule has 0 aliphatic rings. The van der Waals surface area contributed by atoms with Gasteiger partial charge >= 0.3 is 0 Å². The van der Waals surface area contributed by atoms with Crippen molar-refractivity contribution in [2.75, 3.05) is 0 Å². The molecule has 0 N–H and O–H groups in total. The van der Waals surface area contributed by atoms with Gasteiger partial charge in [0.2, 0.25) is 0 Å². The molecule has 60 valence electrons. The second kappa shape index (κ2) is 7.07. The molecule has 0 spiro atoms. The van der Waals surface area contributed by atoms with Crippen molar-refractivity contribution in [1.29, 1.82) is 0 Å². The lowest BCUT2D eigenvalue weighted by Crippen LogP contribution is -1.71. The van der Waals surface area contributed by atoms with Crippen molar-refractivity contribution in [3.05, 3.63) is 48.6 Å². The van der Waals surface area contributed by atoms with Gasteiger partial charge in [0, 0.05) is 0 Å². The van der Waals surface area contributed by atoms with Crippen LogP contribution >= 0.6 is 0 Å². The summed E-state index contributed by atoms with van der Waals surface area (Å²) < 4.78 is 0. The van der Waals surface area contributed by atoms with Gasteiger partial charge in [-0.3, -0.25) is 0 Å². The first-order valence-corrected chi connectivity index (χ1v) is 3.96. The maximum atomic E-state index is 3.65. The largest absolute Gasteiger partial charge is 0.0991 e. The Morgan fingerprint density at radius 3 is 2.55 bits per heavy atom. The number of rotatable bonds is 4. The predicted octanol–water partition coefficient (Wildman–Crippen LogP) is 3.64. The molecule has 0 aromatic heterocycles. The summed E-state index contributed by atoms with van der Waals surface area (Å²) in [5, 5.41) is 0. The van der Waals surface area contributed by atoms with E-state index in [1.165, 1.54) is 5.57 Å². The van der Waals surface area contributed by atoms with Gasteiger partial charge in [-0.15, -0.1) is 0 Å². The molecule has 0 aliphatic heterocycles. The van der Waals surface area contributed by atoms with Crippen molar-refractivity contribution in [2.45, 2.75) is 20.3 Å². The van der Waals surface area contributed by atoms with Crippen molar-refractivity contribution in [3.8, 4) is 0 Å². The fourth-order valence-corrected chi connectivity index (χ4v) is 0.733.